The van der Waals surface area contributed by atoms with E-state index in [-0.39, 0.29) is 0 Å². The second-order valence-electron chi connectivity index (χ2n) is 7.83. The van der Waals surface area contributed by atoms with Crippen LogP contribution in [0.1, 0.15) is 22.4 Å². The van der Waals surface area contributed by atoms with Crippen molar-refractivity contribution in [3.63, 3.8) is 0 Å². The van der Waals surface area contributed by atoms with Crippen LogP contribution in [0.4, 0.5) is 5.69 Å². The third-order valence-electron chi connectivity index (χ3n) is 5.65. The predicted octanol–water partition coefficient (Wildman–Crippen LogP) is 4.79. The zero-order valence-corrected chi connectivity index (χ0v) is 17.5. The predicted molar refractivity (Wildman–Crippen MR) is 121 cm³/mol. The number of halogens is 1. The van der Waals surface area contributed by atoms with Crippen molar-refractivity contribution in [3.8, 4) is 11.4 Å². The van der Waals surface area contributed by atoms with Crippen molar-refractivity contribution in [1.29, 1.82) is 0 Å². The Morgan fingerprint density at radius 1 is 1.10 bits per heavy atom. The number of anilines is 1. The first-order valence-electron chi connectivity index (χ1n) is 10.0. The summed E-state index contributed by atoms with van der Waals surface area (Å²) in [6.45, 7) is 4.55. The average molecular weight is 416 g/mol. The van der Waals surface area contributed by atoms with E-state index in [0.29, 0.717) is 5.15 Å². The van der Waals surface area contributed by atoms with Crippen LogP contribution in [-0.4, -0.2) is 26.4 Å². The molecule has 2 N–H and O–H groups in total. The lowest BCUT2D eigenvalue weighted by molar-refractivity contribution is 0.243. The van der Waals surface area contributed by atoms with E-state index in [1.807, 2.05) is 30.5 Å². The number of benzene rings is 2. The number of nitrogens with two attached hydrogens (primary N) is 1. The Kier molecular flexibility index (Phi) is 4.85. The lowest BCUT2D eigenvalue weighted by atomic mass is 10.0. The molecule has 0 unspecified atom stereocenters. The summed E-state index contributed by atoms with van der Waals surface area (Å²) in [6.07, 6.45) is 2.83. The van der Waals surface area contributed by atoms with E-state index in [9.17, 15) is 0 Å². The second kappa shape index (κ2) is 7.67. The fourth-order valence-electron chi connectivity index (χ4n) is 4.00. The van der Waals surface area contributed by atoms with Crippen LogP contribution in [-0.2, 0) is 19.5 Å². The highest BCUT2D eigenvalue weighted by Crippen LogP contribution is 2.27. The molecule has 0 fully saturated rings. The highest BCUT2D eigenvalue weighted by atomic mass is 35.5. The van der Waals surface area contributed by atoms with Crippen molar-refractivity contribution in [3.05, 3.63) is 82.3 Å². The van der Waals surface area contributed by atoms with Crippen LogP contribution in [0.2, 0.25) is 5.15 Å². The van der Waals surface area contributed by atoms with Gasteiger partial charge in [0.05, 0.1) is 11.2 Å². The molecule has 0 saturated heterocycles. The first-order chi connectivity index (χ1) is 14.6. The minimum absolute atomic E-state index is 0.581. The molecular formula is C24H22ClN5. The third-order valence-corrected chi connectivity index (χ3v) is 5.98. The van der Waals surface area contributed by atoms with E-state index < -0.39 is 0 Å². The fourth-order valence-corrected chi connectivity index (χ4v) is 4.20. The minimum Gasteiger partial charge on any atom is -0.399 e. The summed E-state index contributed by atoms with van der Waals surface area (Å²) in [5, 5.41) is 1.71. The largest absolute Gasteiger partial charge is 0.399 e. The molecule has 6 heteroatoms. The standard InChI is InChI=1S/C24H22ClN5/c1-15-3-2-4-17-11-18(23(25)29-22(15)17)13-30-10-9-21-19(14-30)12-27-24(28-21)16-5-7-20(26)8-6-16/h2-8,11-12H,9-10,13-14,26H2,1H3. The number of rotatable bonds is 3. The maximum Gasteiger partial charge on any atom is 0.159 e. The van der Waals surface area contributed by atoms with Crippen molar-refractivity contribution in [2.75, 3.05) is 12.3 Å². The van der Waals surface area contributed by atoms with E-state index in [0.717, 1.165) is 70.9 Å². The minimum atomic E-state index is 0.581. The van der Waals surface area contributed by atoms with Gasteiger partial charge in [-0.05, 0) is 42.8 Å². The number of aromatic nitrogens is 3. The van der Waals surface area contributed by atoms with E-state index in [4.69, 9.17) is 22.3 Å². The monoisotopic (exact) mass is 415 g/mol. The van der Waals surface area contributed by atoms with E-state index in [1.165, 1.54) is 5.56 Å². The molecular weight excluding hydrogens is 394 g/mol. The van der Waals surface area contributed by atoms with Gasteiger partial charge in [0.25, 0.3) is 0 Å². The fraction of sp³-hybridized carbons (Fsp3) is 0.208. The molecule has 30 heavy (non-hydrogen) atoms. The van der Waals surface area contributed by atoms with Gasteiger partial charge in [0.15, 0.2) is 5.82 Å². The van der Waals surface area contributed by atoms with Crippen LogP contribution in [0.3, 0.4) is 0 Å². The van der Waals surface area contributed by atoms with Crippen molar-refractivity contribution in [1.82, 2.24) is 19.9 Å². The SMILES string of the molecule is Cc1cccc2cc(CN3CCc4nc(-c5ccc(N)cc5)ncc4C3)c(Cl)nc12. The zero-order valence-electron chi connectivity index (χ0n) is 16.8. The quantitative estimate of drug-likeness (QED) is 0.384. The Labute approximate surface area is 180 Å². The van der Waals surface area contributed by atoms with Gasteiger partial charge >= 0.3 is 0 Å². The zero-order chi connectivity index (χ0) is 20.7. The summed E-state index contributed by atoms with van der Waals surface area (Å²) in [5.41, 5.74) is 13.0. The average Bonchev–Trinajstić information content (AvgIpc) is 2.75. The maximum atomic E-state index is 6.52. The molecule has 0 atom stereocenters. The van der Waals surface area contributed by atoms with Crippen LogP contribution in [0.25, 0.3) is 22.3 Å². The molecule has 5 nitrogen and oxygen atoms in total. The number of pyridine rings is 1. The van der Waals surface area contributed by atoms with Gasteiger partial charge in [-0.2, -0.15) is 0 Å². The normalized spacial score (nSPS) is 14.1. The van der Waals surface area contributed by atoms with E-state index >= 15 is 0 Å². The smallest absolute Gasteiger partial charge is 0.159 e. The summed E-state index contributed by atoms with van der Waals surface area (Å²) >= 11 is 6.52. The van der Waals surface area contributed by atoms with Gasteiger partial charge in [-0.3, -0.25) is 4.90 Å². The molecule has 0 aliphatic carbocycles. The van der Waals surface area contributed by atoms with E-state index in [1.54, 1.807) is 0 Å². The van der Waals surface area contributed by atoms with Gasteiger partial charge in [-0.25, -0.2) is 15.0 Å². The molecule has 0 radical (unpaired) electrons. The Bertz CT molecular complexity index is 1240. The van der Waals surface area contributed by atoms with E-state index in [2.05, 4.69) is 46.1 Å². The lowest BCUT2D eigenvalue weighted by Gasteiger charge is -2.28. The highest BCUT2D eigenvalue weighted by Gasteiger charge is 2.20. The number of para-hydroxylation sites is 1. The van der Waals surface area contributed by atoms with Crippen molar-refractivity contribution in [2.24, 2.45) is 0 Å². The van der Waals surface area contributed by atoms with Crippen LogP contribution >= 0.6 is 11.6 Å². The summed E-state index contributed by atoms with van der Waals surface area (Å²) < 4.78 is 0. The number of nitrogens with zero attached hydrogens (tertiary/aromatic N) is 4. The van der Waals surface area contributed by atoms with Gasteiger partial charge < -0.3 is 5.73 Å². The number of aryl methyl sites for hydroxylation is 1. The van der Waals surface area contributed by atoms with Gasteiger partial charge in [0, 0.05) is 60.0 Å². The Balaban J connectivity index is 1.37. The van der Waals surface area contributed by atoms with Crippen LogP contribution in [0.5, 0.6) is 0 Å². The first-order valence-corrected chi connectivity index (χ1v) is 10.4. The molecule has 0 saturated carbocycles. The summed E-state index contributed by atoms with van der Waals surface area (Å²) in [7, 11) is 0. The van der Waals surface area contributed by atoms with Crippen LogP contribution in [0, 0.1) is 6.92 Å². The molecule has 3 heterocycles. The van der Waals surface area contributed by atoms with Crippen LogP contribution in [0.15, 0.2) is 54.7 Å². The Hall–Kier alpha value is -3.02. The molecule has 150 valence electrons. The second-order valence-corrected chi connectivity index (χ2v) is 8.19. The number of hydrogen-bond donors (Lipinski definition) is 1. The highest BCUT2D eigenvalue weighted by molar-refractivity contribution is 6.30. The maximum absolute atomic E-state index is 6.52. The Morgan fingerprint density at radius 2 is 1.93 bits per heavy atom. The van der Waals surface area contributed by atoms with Crippen molar-refractivity contribution in [2.45, 2.75) is 26.4 Å². The van der Waals surface area contributed by atoms with Crippen molar-refractivity contribution >= 4 is 28.2 Å². The lowest BCUT2D eigenvalue weighted by Crippen LogP contribution is -2.31. The molecule has 0 bridgehead atoms. The number of fused-ring (bicyclic) bond motifs is 2. The molecule has 1 aliphatic rings. The Morgan fingerprint density at radius 3 is 2.77 bits per heavy atom. The van der Waals surface area contributed by atoms with Gasteiger partial charge in [0.1, 0.15) is 5.15 Å². The third kappa shape index (κ3) is 3.62. The van der Waals surface area contributed by atoms with Gasteiger partial charge in [0.2, 0.25) is 0 Å². The number of hydrogen-bond acceptors (Lipinski definition) is 5. The summed E-state index contributed by atoms with van der Waals surface area (Å²) in [4.78, 5) is 16.4. The molecule has 5 rings (SSSR count). The first kappa shape index (κ1) is 19.0. The molecule has 2 aromatic heterocycles. The topological polar surface area (TPSA) is 67.9 Å². The van der Waals surface area contributed by atoms with Gasteiger partial charge in [-0.15, -0.1) is 0 Å². The number of nitrogen functional groups attached to an aromatic ring is 1. The molecule has 0 spiro atoms. The van der Waals surface area contributed by atoms with Gasteiger partial charge in [-0.1, -0.05) is 29.8 Å². The summed E-state index contributed by atoms with van der Waals surface area (Å²) in [6, 6.07) is 16.0. The van der Waals surface area contributed by atoms with Crippen molar-refractivity contribution < 1.29 is 0 Å². The molecule has 4 aromatic rings. The molecule has 1 aliphatic heterocycles. The molecule has 2 aromatic carbocycles. The summed E-state index contributed by atoms with van der Waals surface area (Å²) in [5.74, 6) is 0.749. The van der Waals surface area contributed by atoms with Crippen LogP contribution < -0.4 is 5.73 Å². The molecule has 0 amide bonds.